The van der Waals surface area contributed by atoms with Crippen LogP contribution < -0.4 is 5.32 Å². The second kappa shape index (κ2) is 6.47. The lowest BCUT2D eigenvalue weighted by Crippen LogP contribution is -2.17. The summed E-state index contributed by atoms with van der Waals surface area (Å²) in [5.41, 5.74) is 1.81. The van der Waals surface area contributed by atoms with Crippen LogP contribution in [0, 0.1) is 5.82 Å². The molecule has 0 bridgehead atoms. The van der Waals surface area contributed by atoms with E-state index in [2.05, 4.69) is 10.3 Å². The number of hydrogen-bond acceptors (Lipinski definition) is 2. The second-order valence-corrected chi connectivity index (χ2v) is 4.45. The summed E-state index contributed by atoms with van der Waals surface area (Å²) in [6.07, 6.45) is 4.43. The predicted octanol–water partition coefficient (Wildman–Crippen LogP) is 3.21. The van der Waals surface area contributed by atoms with E-state index in [-0.39, 0.29) is 5.82 Å². The maximum absolute atomic E-state index is 13.4. The Balaban J connectivity index is 1.80. The molecule has 0 aliphatic rings. The van der Waals surface area contributed by atoms with Crippen LogP contribution in [-0.2, 0) is 13.0 Å². The van der Waals surface area contributed by atoms with Gasteiger partial charge >= 0.3 is 0 Å². The van der Waals surface area contributed by atoms with Gasteiger partial charge in [-0.3, -0.25) is 4.98 Å². The van der Waals surface area contributed by atoms with Crippen molar-refractivity contribution in [1.82, 2.24) is 10.3 Å². The largest absolute Gasteiger partial charge is 0.312 e. The van der Waals surface area contributed by atoms with E-state index in [9.17, 15) is 4.39 Å². The van der Waals surface area contributed by atoms with Crippen LogP contribution in [0.1, 0.15) is 11.1 Å². The van der Waals surface area contributed by atoms with Crippen molar-refractivity contribution in [3.63, 3.8) is 0 Å². The minimum absolute atomic E-state index is 0.226. The van der Waals surface area contributed by atoms with Gasteiger partial charge in [0.2, 0.25) is 0 Å². The maximum atomic E-state index is 13.4. The highest BCUT2D eigenvalue weighted by atomic mass is 35.5. The number of nitrogens with one attached hydrogen (secondary N) is 1. The molecule has 4 heteroatoms. The van der Waals surface area contributed by atoms with Gasteiger partial charge in [0.25, 0.3) is 0 Å². The Morgan fingerprint density at radius 3 is 2.72 bits per heavy atom. The van der Waals surface area contributed by atoms with Crippen molar-refractivity contribution in [2.75, 3.05) is 6.54 Å². The van der Waals surface area contributed by atoms with Gasteiger partial charge in [-0.05, 0) is 48.9 Å². The highest BCUT2D eigenvalue weighted by Gasteiger charge is 2.02. The van der Waals surface area contributed by atoms with Crippen LogP contribution in [0.25, 0.3) is 0 Å². The number of benzene rings is 1. The molecule has 2 nitrogen and oxygen atoms in total. The van der Waals surface area contributed by atoms with Crippen LogP contribution in [0.4, 0.5) is 4.39 Å². The zero-order valence-electron chi connectivity index (χ0n) is 9.87. The smallest absolute Gasteiger partial charge is 0.127 e. The quantitative estimate of drug-likeness (QED) is 0.839. The summed E-state index contributed by atoms with van der Waals surface area (Å²) in [6.45, 7) is 1.27. The zero-order valence-corrected chi connectivity index (χ0v) is 10.6. The van der Waals surface area contributed by atoms with E-state index in [1.807, 2.05) is 12.1 Å². The minimum atomic E-state index is -0.226. The predicted molar refractivity (Wildman–Crippen MR) is 71.1 cm³/mol. The summed E-state index contributed by atoms with van der Waals surface area (Å²) in [5, 5.41) is 3.76. The number of pyridine rings is 1. The van der Waals surface area contributed by atoms with Crippen molar-refractivity contribution >= 4 is 11.6 Å². The molecule has 2 rings (SSSR count). The van der Waals surface area contributed by atoms with Gasteiger partial charge in [-0.15, -0.1) is 0 Å². The number of hydrogen-bond donors (Lipinski definition) is 1. The topological polar surface area (TPSA) is 24.9 Å². The van der Waals surface area contributed by atoms with E-state index in [4.69, 9.17) is 11.6 Å². The average molecular weight is 265 g/mol. The average Bonchev–Trinajstić information content (AvgIpc) is 2.40. The van der Waals surface area contributed by atoms with Crippen LogP contribution in [0.15, 0.2) is 42.7 Å². The highest BCUT2D eigenvalue weighted by Crippen LogP contribution is 2.14. The molecule has 0 radical (unpaired) electrons. The van der Waals surface area contributed by atoms with Crippen molar-refractivity contribution in [2.45, 2.75) is 13.0 Å². The fraction of sp³-hybridized carbons (Fsp3) is 0.214. The first-order valence-corrected chi connectivity index (χ1v) is 6.17. The number of aromatic nitrogens is 1. The van der Waals surface area contributed by atoms with E-state index < -0.39 is 0 Å². The van der Waals surface area contributed by atoms with Crippen LogP contribution in [0.2, 0.25) is 5.02 Å². The molecule has 0 aliphatic carbocycles. The van der Waals surface area contributed by atoms with E-state index >= 15 is 0 Å². The molecule has 0 atom stereocenters. The van der Waals surface area contributed by atoms with Crippen LogP contribution >= 0.6 is 11.6 Å². The number of halogens is 2. The summed E-state index contributed by atoms with van der Waals surface area (Å²) in [7, 11) is 0. The summed E-state index contributed by atoms with van der Waals surface area (Å²) in [5.74, 6) is -0.226. The molecule has 0 spiro atoms. The van der Waals surface area contributed by atoms with Gasteiger partial charge in [0.05, 0.1) is 0 Å². The Morgan fingerprint density at radius 2 is 1.94 bits per heavy atom. The molecule has 0 saturated carbocycles. The summed E-state index contributed by atoms with van der Waals surface area (Å²) in [4.78, 5) is 3.96. The fourth-order valence-electron chi connectivity index (χ4n) is 1.68. The Morgan fingerprint density at radius 1 is 1.17 bits per heavy atom. The molecule has 2 aromatic rings. The van der Waals surface area contributed by atoms with Gasteiger partial charge in [0.15, 0.2) is 0 Å². The van der Waals surface area contributed by atoms with Gasteiger partial charge in [0, 0.05) is 29.5 Å². The van der Waals surface area contributed by atoms with Gasteiger partial charge < -0.3 is 5.32 Å². The van der Waals surface area contributed by atoms with Crippen molar-refractivity contribution in [3.05, 3.63) is 64.7 Å². The molecular weight excluding hydrogens is 251 g/mol. The highest BCUT2D eigenvalue weighted by molar-refractivity contribution is 6.30. The standard InChI is InChI=1S/C14H14ClFN2/c15-13-1-2-14(16)12(9-13)10-18-8-5-11-3-6-17-7-4-11/h1-4,6-7,9,18H,5,8,10H2. The summed E-state index contributed by atoms with van der Waals surface area (Å²) in [6, 6.07) is 8.54. The SMILES string of the molecule is Fc1ccc(Cl)cc1CNCCc1ccncc1. The van der Waals surface area contributed by atoms with Crippen molar-refractivity contribution in [3.8, 4) is 0 Å². The van der Waals surface area contributed by atoms with Crippen LogP contribution in [0.3, 0.4) is 0 Å². The third-order valence-corrected chi connectivity index (χ3v) is 2.90. The lowest BCUT2D eigenvalue weighted by Gasteiger charge is -2.06. The third kappa shape index (κ3) is 3.79. The molecule has 0 aliphatic heterocycles. The molecule has 18 heavy (non-hydrogen) atoms. The van der Waals surface area contributed by atoms with Crippen LogP contribution in [-0.4, -0.2) is 11.5 Å². The first kappa shape index (κ1) is 13.0. The molecular formula is C14H14ClFN2. The normalized spacial score (nSPS) is 10.6. The molecule has 1 heterocycles. The summed E-state index contributed by atoms with van der Waals surface area (Å²) >= 11 is 5.82. The Kier molecular flexibility index (Phi) is 4.67. The number of rotatable bonds is 5. The molecule has 1 aromatic carbocycles. The van der Waals surface area contributed by atoms with Crippen molar-refractivity contribution in [1.29, 1.82) is 0 Å². The minimum Gasteiger partial charge on any atom is -0.312 e. The van der Waals surface area contributed by atoms with Gasteiger partial charge in [-0.2, -0.15) is 0 Å². The van der Waals surface area contributed by atoms with Crippen LogP contribution in [0.5, 0.6) is 0 Å². The molecule has 0 fully saturated rings. The van der Waals surface area contributed by atoms with E-state index in [0.29, 0.717) is 17.1 Å². The van der Waals surface area contributed by atoms with E-state index in [0.717, 1.165) is 13.0 Å². The molecule has 0 unspecified atom stereocenters. The monoisotopic (exact) mass is 264 g/mol. The second-order valence-electron chi connectivity index (χ2n) is 4.02. The lowest BCUT2D eigenvalue weighted by molar-refractivity contribution is 0.588. The fourth-order valence-corrected chi connectivity index (χ4v) is 1.88. The lowest BCUT2D eigenvalue weighted by atomic mass is 10.2. The third-order valence-electron chi connectivity index (χ3n) is 2.66. The van der Waals surface area contributed by atoms with Gasteiger partial charge in [-0.25, -0.2) is 4.39 Å². The Hall–Kier alpha value is -1.45. The molecule has 1 N–H and O–H groups in total. The zero-order chi connectivity index (χ0) is 12.8. The van der Waals surface area contributed by atoms with Gasteiger partial charge in [0.1, 0.15) is 5.82 Å². The van der Waals surface area contributed by atoms with Crippen molar-refractivity contribution < 1.29 is 4.39 Å². The van der Waals surface area contributed by atoms with E-state index in [1.165, 1.54) is 11.6 Å². The summed E-state index contributed by atoms with van der Waals surface area (Å²) < 4.78 is 13.4. The maximum Gasteiger partial charge on any atom is 0.127 e. The first-order chi connectivity index (χ1) is 8.75. The van der Waals surface area contributed by atoms with Gasteiger partial charge in [-0.1, -0.05) is 11.6 Å². The number of nitrogens with zero attached hydrogens (tertiary/aromatic N) is 1. The van der Waals surface area contributed by atoms with Crippen molar-refractivity contribution in [2.24, 2.45) is 0 Å². The Labute approximate surface area is 111 Å². The first-order valence-electron chi connectivity index (χ1n) is 5.79. The molecule has 0 amide bonds. The molecule has 0 saturated heterocycles. The van der Waals surface area contributed by atoms with E-state index in [1.54, 1.807) is 24.5 Å². The molecule has 94 valence electrons. The molecule has 1 aromatic heterocycles. The Bertz CT molecular complexity index is 502.